The molecule has 0 bridgehead atoms. The van der Waals surface area contributed by atoms with Crippen LogP contribution in [0.2, 0.25) is 0 Å². The molecule has 0 aromatic carbocycles. The van der Waals surface area contributed by atoms with Gasteiger partial charge in [0.25, 0.3) is 0 Å². The van der Waals surface area contributed by atoms with Crippen LogP contribution in [0.1, 0.15) is 58.3 Å². The molecule has 3 unspecified atom stereocenters. The fourth-order valence-corrected chi connectivity index (χ4v) is 3.30. The first-order chi connectivity index (χ1) is 8.18. The van der Waals surface area contributed by atoms with E-state index in [-0.39, 0.29) is 6.04 Å². The third-order valence-corrected chi connectivity index (χ3v) is 4.53. The Bertz CT molecular complexity index is 267. The molecule has 1 aliphatic carbocycles. The molecule has 98 valence electrons. The van der Waals surface area contributed by atoms with E-state index in [2.05, 4.69) is 11.8 Å². The average molecular weight is 238 g/mol. The molecule has 3 nitrogen and oxygen atoms in total. The lowest BCUT2D eigenvalue weighted by Crippen LogP contribution is -2.44. The van der Waals surface area contributed by atoms with E-state index in [4.69, 9.17) is 5.73 Å². The number of carbonyl (C=O) groups excluding carboxylic acids is 1. The lowest BCUT2D eigenvalue weighted by atomic mass is 9.82. The van der Waals surface area contributed by atoms with Crippen LogP contribution in [0.5, 0.6) is 0 Å². The van der Waals surface area contributed by atoms with Crippen molar-refractivity contribution in [3.05, 3.63) is 0 Å². The molecule has 0 aromatic heterocycles. The fraction of sp³-hybridized carbons (Fsp3) is 0.929. The zero-order valence-electron chi connectivity index (χ0n) is 11.0. The van der Waals surface area contributed by atoms with Crippen LogP contribution >= 0.6 is 0 Å². The molecule has 1 saturated carbocycles. The quantitative estimate of drug-likeness (QED) is 0.802. The molecule has 2 fully saturated rings. The molecule has 3 atom stereocenters. The first kappa shape index (κ1) is 12.9. The second kappa shape index (κ2) is 5.85. The summed E-state index contributed by atoms with van der Waals surface area (Å²) in [4.78, 5) is 14.4. The van der Waals surface area contributed by atoms with Crippen LogP contribution in [0.15, 0.2) is 0 Å². The molecule has 0 radical (unpaired) electrons. The molecule has 1 amide bonds. The molecular weight excluding hydrogens is 212 g/mol. The van der Waals surface area contributed by atoms with Gasteiger partial charge < -0.3 is 10.6 Å². The van der Waals surface area contributed by atoms with Crippen molar-refractivity contribution in [2.45, 2.75) is 70.4 Å². The van der Waals surface area contributed by atoms with Crippen molar-refractivity contribution in [3.63, 3.8) is 0 Å². The van der Waals surface area contributed by atoms with E-state index in [1.165, 1.54) is 32.1 Å². The highest BCUT2D eigenvalue weighted by atomic mass is 16.2. The van der Waals surface area contributed by atoms with Gasteiger partial charge in [-0.05, 0) is 44.9 Å². The summed E-state index contributed by atoms with van der Waals surface area (Å²) in [5.41, 5.74) is 6.12. The molecule has 0 spiro atoms. The van der Waals surface area contributed by atoms with Gasteiger partial charge in [0.1, 0.15) is 0 Å². The Morgan fingerprint density at radius 3 is 2.59 bits per heavy atom. The summed E-state index contributed by atoms with van der Waals surface area (Å²) in [7, 11) is 0. The first-order valence-electron chi connectivity index (χ1n) is 7.23. The smallest absolute Gasteiger partial charge is 0.223 e. The van der Waals surface area contributed by atoms with Crippen molar-refractivity contribution in [1.29, 1.82) is 0 Å². The van der Waals surface area contributed by atoms with Crippen LogP contribution in [0.25, 0.3) is 0 Å². The zero-order valence-corrected chi connectivity index (χ0v) is 11.0. The number of likely N-dealkylation sites (tertiary alicyclic amines) is 1. The monoisotopic (exact) mass is 238 g/mol. The minimum Gasteiger partial charge on any atom is -0.340 e. The third-order valence-electron chi connectivity index (χ3n) is 4.53. The maximum atomic E-state index is 12.3. The highest BCUT2D eigenvalue weighted by Gasteiger charge is 2.29. The third kappa shape index (κ3) is 3.21. The zero-order chi connectivity index (χ0) is 12.3. The van der Waals surface area contributed by atoms with Gasteiger partial charge in [0.05, 0.1) is 0 Å². The minimum atomic E-state index is 0.257. The number of carbonyl (C=O) groups is 1. The van der Waals surface area contributed by atoms with Crippen LogP contribution in [-0.2, 0) is 4.79 Å². The average Bonchev–Trinajstić information content (AvgIpc) is 2.32. The molecule has 3 heteroatoms. The predicted octanol–water partition coefficient (Wildman–Crippen LogP) is 2.30. The molecule has 1 aliphatic heterocycles. The van der Waals surface area contributed by atoms with Gasteiger partial charge in [-0.15, -0.1) is 0 Å². The van der Waals surface area contributed by atoms with Gasteiger partial charge in [0.15, 0.2) is 0 Å². The Hall–Kier alpha value is -0.570. The summed E-state index contributed by atoms with van der Waals surface area (Å²) >= 11 is 0. The van der Waals surface area contributed by atoms with Gasteiger partial charge in [-0.25, -0.2) is 0 Å². The number of rotatable bonds is 2. The Balaban J connectivity index is 1.86. The van der Waals surface area contributed by atoms with E-state index in [9.17, 15) is 4.79 Å². The van der Waals surface area contributed by atoms with Crippen LogP contribution in [0.4, 0.5) is 0 Å². The van der Waals surface area contributed by atoms with Crippen LogP contribution < -0.4 is 5.73 Å². The lowest BCUT2D eigenvalue weighted by Gasteiger charge is -2.36. The fourth-order valence-electron chi connectivity index (χ4n) is 3.30. The van der Waals surface area contributed by atoms with Gasteiger partial charge in [0.2, 0.25) is 5.91 Å². The van der Waals surface area contributed by atoms with Crippen molar-refractivity contribution in [2.24, 2.45) is 11.7 Å². The minimum absolute atomic E-state index is 0.257. The molecule has 17 heavy (non-hydrogen) atoms. The maximum Gasteiger partial charge on any atom is 0.223 e. The standard InChI is InChI=1S/C14H26N2O/c1-11-6-4-5-9-16(11)14(17)10-12-7-2-3-8-13(12)15/h11-13H,2-10,15H2,1H3. The number of amides is 1. The summed E-state index contributed by atoms with van der Waals surface area (Å²) < 4.78 is 0. The molecule has 0 aromatic rings. The summed E-state index contributed by atoms with van der Waals surface area (Å²) in [6, 6.07) is 0.698. The van der Waals surface area contributed by atoms with Gasteiger partial charge >= 0.3 is 0 Å². The lowest BCUT2D eigenvalue weighted by molar-refractivity contribution is -0.135. The van der Waals surface area contributed by atoms with E-state index in [1.54, 1.807) is 0 Å². The number of hydrogen-bond donors (Lipinski definition) is 1. The Morgan fingerprint density at radius 2 is 1.88 bits per heavy atom. The molecular formula is C14H26N2O. The summed E-state index contributed by atoms with van der Waals surface area (Å²) in [5.74, 6) is 0.782. The van der Waals surface area contributed by atoms with Crippen molar-refractivity contribution >= 4 is 5.91 Å². The van der Waals surface area contributed by atoms with Gasteiger partial charge in [0, 0.05) is 25.0 Å². The van der Waals surface area contributed by atoms with Crippen LogP contribution in [0, 0.1) is 5.92 Å². The number of nitrogens with two attached hydrogens (primary N) is 1. The van der Waals surface area contributed by atoms with Crippen molar-refractivity contribution in [1.82, 2.24) is 4.90 Å². The van der Waals surface area contributed by atoms with Gasteiger partial charge in [-0.1, -0.05) is 12.8 Å². The molecule has 1 saturated heterocycles. The van der Waals surface area contributed by atoms with Gasteiger partial charge in [-0.3, -0.25) is 4.79 Å². The van der Waals surface area contributed by atoms with Crippen molar-refractivity contribution in [2.75, 3.05) is 6.54 Å². The largest absolute Gasteiger partial charge is 0.340 e. The normalized spacial score (nSPS) is 34.7. The Kier molecular flexibility index (Phi) is 4.43. The van der Waals surface area contributed by atoms with Gasteiger partial charge in [-0.2, -0.15) is 0 Å². The summed E-state index contributed by atoms with van der Waals surface area (Å²) in [6.07, 6.45) is 9.05. The SMILES string of the molecule is CC1CCCCN1C(=O)CC1CCCCC1N. The van der Waals surface area contributed by atoms with Crippen molar-refractivity contribution in [3.8, 4) is 0 Å². The van der Waals surface area contributed by atoms with Crippen molar-refractivity contribution < 1.29 is 4.79 Å². The Labute approximate surface area is 105 Å². The highest BCUT2D eigenvalue weighted by molar-refractivity contribution is 5.77. The van der Waals surface area contributed by atoms with E-state index < -0.39 is 0 Å². The van der Waals surface area contributed by atoms with E-state index in [0.29, 0.717) is 24.3 Å². The summed E-state index contributed by atoms with van der Waals surface area (Å²) in [5, 5.41) is 0. The predicted molar refractivity (Wildman–Crippen MR) is 69.6 cm³/mol. The van der Waals surface area contributed by atoms with E-state index in [0.717, 1.165) is 19.4 Å². The number of hydrogen-bond acceptors (Lipinski definition) is 2. The molecule has 2 N–H and O–H groups in total. The molecule has 1 heterocycles. The Morgan fingerprint density at radius 1 is 1.18 bits per heavy atom. The topological polar surface area (TPSA) is 46.3 Å². The molecule has 2 rings (SSSR count). The second-order valence-corrected chi connectivity index (χ2v) is 5.84. The first-order valence-corrected chi connectivity index (χ1v) is 7.23. The number of piperidine rings is 1. The highest BCUT2D eigenvalue weighted by Crippen LogP contribution is 2.27. The number of nitrogens with zero attached hydrogens (tertiary/aromatic N) is 1. The van der Waals surface area contributed by atoms with Crippen LogP contribution in [0.3, 0.4) is 0 Å². The van der Waals surface area contributed by atoms with E-state index in [1.807, 2.05) is 0 Å². The summed E-state index contributed by atoms with van der Waals surface area (Å²) in [6.45, 7) is 3.14. The molecule has 2 aliphatic rings. The van der Waals surface area contributed by atoms with Crippen LogP contribution in [-0.4, -0.2) is 29.4 Å². The second-order valence-electron chi connectivity index (χ2n) is 5.84. The van der Waals surface area contributed by atoms with E-state index >= 15 is 0 Å². The maximum absolute atomic E-state index is 12.3.